The Kier molecular flexibility index (Phi) is 10.3. The van der Waals surface area contributed by atoms with E-state index in [1.165, 1.54) is 7.05 Å². The van der Waals surface area contributed by atoms with Gasteiger partial charge in [-0.25, -0.2) is 0 Å². The van der Waals surface area contributed by atoms with Crippen molar-refractivity contribution in [2.75, 3.05) is 22.9 Å². The number of alkyl halides is 10. The van der Waals surface area contributed by atoms with E-state index in [2.05, 4.69) is 24.9 Å². The molecule has 20 heteroatoms. The van der Waals surface area contributed by atoms with Gasteiger partial charge in [0.1, 0.15) is 0 Å². The molecule has 1 fully saturated rings. The number of aromatic nitrogens is 4. The van der Waals surface area contributed by atoms with E-state index in [-0.39, 0.29) is 48.1 Å². The number of anilines is 2. The molecule has 0 amide bonds. The van der Waals surface area contributed by atoms with Crippen LogP contribution in [0.15, 0.2) is 30.3 Å². The van der Waals surface area contributed by atoms with Gasteiger partial charge < -0.3 is 24.4 Å². The Labute approximate surface area is 283 Å². The van der Waals surface area contributed by atoms with Gasteiger partial charge in [-0.05, 0) is 85.0 Å². The molecule has 0 bridgehead atoms. The number of ether oxygens (including phenoxy) is 2. The van der Waals surface area contributed by atoms with E-state index in [1.807, 2.05) is 0 Å². The molecule has 0 saturated heterocycles. The van der Waals surface area contributed by atoms with Gasteiger partial charge in [0.05, 0.1) is 18.2 Å². The van der Waals surface area contributed by atoms with Gasteiger partial charge in [-0.15, -0.1) is 5.10 Å². The van der Waals surface area contributed by atoms with E-state index in [1.54, 1.807) is 11.8 Å². The summed E-state index contributed by atoms with van der Waals surface area (Å²) in [6.45, 7) is 1.14. The van der Waals surface area contributed by atoms with Gasteiger partial charge in [-0.3, -0.25) is 4.79 Å². The Morgan fingerprint density at radius 3 is 1.90 bits per heavy atom. The highest BCUT2D eigenvalue weighted by atomic mass is 19.4. The average Bonchev–Trinajstić information content (AvgIpc) is 3.45. The molecule has 0 unspecified atom stereocenters. The number of aryl methyl sites for hydroxylation is 1. The quantitative estimate of drug-likeness (QED) is 0.200. The molecule has 0 spiro atoms. The molecule has 2 heterocycles. The number of hydrogen-bond acceptors (Lipinski definition) is 8. The molecule has 1 aromatic heterocycles. The van der Waals surface area contributed by atoms with Crippen LogP contribution in [0.3, 0.4) is 0 Å². The Balaban J connectivity index is 1.56. The number of carboxylic acids is 1. The van der Waals surface area contributed by atoms with E-state index in [0.29, 0.717) is 44.4 Å². The number of tetrazole rings is 1. The Hall–Kier alpha value is -4.52. The van der Waals surface area contributed by atoms with E-state index in [0.717, 1.165) is 21.8 Å². The molecule has 0 atom stereocenters. The van der Waals surface area contributed by atoms with Gasteiger partial charge in [-0.2, -0.15) is 48.7 Å². The number of hydrogen-bond donors (Lipinski definition) is 1. The summed E-state index contributed by atoms with van der Waals surface area (Å²) in [6.07, 6.45) is -17.9. The monoisotopic (exact) mass is 742 g/mol. The maximum Gasteiger partial charge on any atom is 0.507 e. The lowest BCUT2D eigenvalue weighted by atomic mass is 9.80. The summed E-state index contributed by atoms with van der Waals surface area (Å²) in [7, 11) is 1.35. The third kappa shape index (κ3) is 8.69. The normalized spacial score (nSPS) is 19.8. The smallest absolute Gasteiger partial charge is 0.481 e. The van der Waals surface area contributed by atoms with Gasteiger partial charge in [0, 0.05) is 44.4 Å². The molecule has 1 saturated carbocycles. The van der Waals surface area contributed by atoms with Crippen molar-refractivity contribution >= 4 is 17.6 Å². The summed E-state index contributed by atoms with van der Waals surface area (Å²) in [6, 6.07) is 3.05. The lowest BCUT2D eigenvalue weighted by Crippen LogP contribution is -2.52. The first-order chi connectivity index (χ1) is 23.6. The number of halogens is 10. The summed E-state index contributed by atoms with van der Waals surface area (Å²) in [5.74, 6) is -2.72. The van der Waals surface area contributed by atoms with Crippen molar-refractivity contribution in [3.63, 3.8) is 0 Å². The van der Waals surface area contributed by atoms with Crippen LogP contribution >= 0.6 is 0 Å². The topological polar surface area (TPSA) is 106 Å². The molecule has 280 valence electrons. The molecule has 2 aliphatic rings. The van der Waals surface area contributed by atoms with Gasteiger partial charge in [-0.1, -0.05) is 5.10 Å². The predicted octanol–water partition coefficient (Wildman–Crippen LogP) is 7.52. The fraction of sp³-hybridized carbons (Fsp3) is 0.548. The minimum atomic E-state index is -5.14. The second-order valence-corrected chi connectivity index (χ2v) is 12.5. The largest absolute Gasteiger partial charge is 0.507 e. The SMILES string of the molecule is CCN(CC1CCC(CC(=O)O)CC1)c1cc2c(cc1CN(Cc1cc(C(F)(F)F)cc(C(F)(F)F)c1)c1nnn(C)n1)OC(F)(F)C(F)(F)O2. The number of benzene rings is 2. The van der Waals surface area contributed by atoms with Crippen LogP contribution in [0.4, 0.5) is 55.5 Å². The van der Waals surface area contributed by atoms with Gasteiger partial charge in [0.2, 0.25) is 0 Å². The summed E-state index contributed by atoms with van der Waals surface area (Å²) in [5, 5.41) is 20.7. The summed E-state index contributed by atoms with van der Waals surface area (Å²) >= 11 is 0. The third-order valence-electron chi connectivity index (χ3n) is 8.75. The maximum absolute atomic E-state index is 14.3. The molecule has 1 aliphatic heterocycles. The molecule has 2 aromatic carbocycles. The summed E-state index contributed by atoms with van der Waals surface area (Å²) in [4.78, 5) is 15.0. The highest BCUT2D eigenvalue weighted by molar-refractivity contribution is 5.67. The molecule has 3 aromatic rings. The lowest BCUT2D eigenvalue weighted by molar-refractivity contribution is -0.391. The van der Waals surface area contributed by atoms with Crippen LogP contribution in [0.1, 0.15) is 61.3 Å². The lowest BCUT2D eigenvalue weighted by Gasteiger charge is -2.36. The van der Waals surface area contributed by atoms with Gasteiger partial charge in [0.25, 0.3) is 5.95 Å². The molecule has 0 radical (unpaired) electrons. The number of rotatable bonds is 11. The number of aliphatic carboxylic acids is 1. The molecular formula is C31H32F10N6O4. The van der Waals surface area contributed by atoms with Crippen LogP contribution < -0.4 is 19.3 Å². The minimum Gasteiger partial charge on any atom is -0.481 e. The van der Waals surface area contributed by atoms with Crippen molar-refractivity contribution in [3.8, 4) is 11.5 Å². The minimum absolute atomic E-state index is 0.00507. The zero-order valence-corrected chi connectivity index (χ0v) is 27.0. The van der Waals surface area contributed by atoms with Crippen molar-refractivity contribution in [1.82, 2.24) is 20.2 Å². The van der Waals surface area contributed by atoms with E-state index < -0.39 is 71.8 Å². The summed E-state index contributed by atoms with van der Waals surface area (Å²) < 4.78 is 148. The Morgan fingerprint density at radius 2 is 1.41 bits per heavy atom. The third-order valence-corrected chi connectivity index (χ3v) is 8.75. The van der Waals surface area contributed by atoms with Gasteiger partial charge in [0.15, 0.2) is 11.5 Å². The molecule has 1 N–H and O–H groups in total. The van der Waals surface area contributed by atoms with Crippen molar-refractivity contribution in [3.05, 3.63) is 52.6 Å². The molecule has 10 nitrogen and oxygen atoms in total. The fourth-order valence-electron chi connectivity index (χ4n) is 6.28. The van der Waals surface area contributed by atoms with Crippen LogP contribution in [0.2, 0.25) is 0 Å². The van der Waals surface area contributed by atoms with E-state index in [9.17, 15) is 48.7 Å². The van der Waals surface area contributed by atoms with Crippen molar-refractivity contribution in [2.24, 2.45) is 18.9 Å². The van der Waals surface area contributed by atoms with Crippen LogP contribution in [-0.2, 0) is 37.3 Å². The molecule has 5 rings (SSSR count). The van der Waals surface area contributed by atoms with Crippen LogP contribution in [0, 0.1) is 11.8 Å². The van der Waals surface area contributed by atoms with Crippen LogP contribution in [-0.4, -0.2) is 56.6 Å². The van der Waals surface area contributed by atoms with Crippen LogP contribution in [0.5, 0.6) is 11.5 Å². The second kappa shape index (κ2) is 13.9. The standard InChI is InChI=1S/C31H32F10N6O4/c1-3-46(14-18-6-4-17(5-7-18)10-26(48)49)23-13-25-24(50-30(38,39)31(40,41)51-25)11-20(23)16-47(27-42-44-45(2)43-27)15-19-8-21(28(32,33)34)12-22(9-19)29(35,36)37/h8-9,11-13,17-18H,3-7,10,14-16H2,1-2H3,(H,48,49). The number of nitrogens with zero attached hydrogens (tertiary/aromatic N) is 6. The zero-order chi connectivity index (χ0) is 37.5. The van der Waals surface area contributed by atoms with E-state index in [4.69, 9.17) is 5.11 Å². The zero-order valence-electron chi connectivity index (χ0n) is 27.0. The first kappa shape index (κ1) is 37.7. The van der Waals surface area contributed by atoms with Gasteiger partial charge >= 0.3 is 30.5 Å². The maximum atomic E-state index is 14.3. The highest BCUT2D eigenvalue weighted by Gasteiger charge is 2.66. The van der Waals surface area contributed by atoms with Crippen LogP contribution in [0.25, 0.3) is 0 Å². The first-order valence-electron chi connectivity index (χ1n) is 15.7. The number of carboxylic acid groups (broad SMARTS) is 1. The Morgan fingerprint density at radius 1 is 0.863 bits per heavy atom. The number of fused-ring (bicyclic) bond motifs is 1. The number of carbonyl (C=O) groups is 1. The molecular weight excluding hydrogens is 710 g/mol. The molecule has 51 heavy (non-hydrogen) atoms. The van der Waals surface area contributed by atoms with E-state index >= 15 is 0 Å². The fourth-order valence-corrected chi connectivity index (χ4v) is 6.28. The highest BCUT2D eigenvalue weighted by Crippen LogP contribution is 2.49. The van der Waals surface area contributed by atoms with Crippen molar-refractivity contribution in [1.29, 1.82) is 0 Å². The average molecular weight is 743 g/mol. The second-order valence-electron chi connectivity index (χ2n) is 12.5. The molecule has 1 aliphatic carbocycles. The first-order valence-corrected chi connectivity index (χ1v) is 15.7. The van der Waals surface area contributed by atoms with Crippen molar-refractivity contribution < 1.29 is 63.3 Å². The Bertz CT molecular complexity index is 1690. The predicted molar refractivity (Wildman–Crippen MR) is 158 cm³/mol. The summed E-state index contributed by atoms with van der Waals surface area (Å²) in [5.41, 5.74) is -3.35. The van der Waals surface area contributed by atoms with Crippen molar-refractivity contribution in [2.45, 2.75) is 76.7 Å².